The quantitative estimate of drug-likeness (QED) is 0.290. The van der Waals surface area contributed by atoms with E-state index in [1.165, 1.54) is 0 Å². The Kier molecular flexibility index (Phi) is 2.67. The second kappa shape index (κ2) is 3.25. The molecule has 1 heterocycles. The van der Waals surface area contributed by atoms with E-state index in [9.17, 15) is 5.11 Å². The van der Waals surface area contributed by atoms with Gasteiger partial charge in [-0.2, -0.15) is 0 Å². The van der Waals surface area contributed by atoms with Crippen LogP contribution in [0, 0.1) is 0 Å². The fourth-order valence-electron chi connectivity index (χ4n) is 1.03. The second-order valence-electron chi connectivity index (χ2n) is 2.82. The molecule has 0 aromatic heterocycles. The number of rotatable bonds is 1. The summed E-state index contributed by atoms with van der Waals surface area (Å²) in [6.45, 7) is -1.16. The molecule has 0 radical (unpaired) electrons. The highest BCUT2D eigenvalue weighted by atomic mass is 16.7. The van der Waals surface area contributed by atoms with Crippen LogP contribution in [0.2, 0.25) is 0 Å². The van der Waals surface area contributed by atoms with E-state index >= 15 is 0 Å². The van der Waals surface area contributed by atoms with Crippen LogP contribution in [0.3, 0.4) is 0 Å². The Morgan fingerprint density at radius 2 is 1.92 bits per heavy atom. The molecule has 0 saturated carbocycles. The highest BCUT2D eigenvalue weighted by molar-refractivity contribution is 4.90. The maximum atomic E-state index is 9.24. The molecule has 6 heteroatoms. The Morgan fingerprint density at radius 1 is 1.33 bits per heavy atom. The van der Waals surface area contributed by atoms with Crippen molar-refractivity contribution >= 4 is 0 Å². The summed E-state index contributed by atoms with van der Waals surface area (Å²) in [5, 5.41) is 45.0. The van der Waals surface area contributed by atoms with Crippen molar-refractivity contribution in [3.05, 3.63) is 0 Å². The lowest BCUT2D eigenvalue weighted by Gasteiger charge is -2.40. The maximum absolute atomic E-state index is 9.24. The smallest absolute Gasteiger partial charge is 0.218 e. The minimum atomic E-state index is -2.17. The summed E-state index contributed by atoms with van der Waals surface area (Å²) in [5.74, 6) is -2.17. The number of ether oxygens (including phenoxy) is 1. The molecule has 0 aromatic carbocycles. The predicted molar refractivity (Wildman–Crippen MR) is 36.0 cm³/mol. The van der Waals surface area contributed by atoms with Crippen LogP contribution >= 0.6 is 0 Å². The molecule has 0 unspecified atom stereocenters. The molecule has 1 saturated heterocycles. The molecule has 12 heavy (non-hydrogen) atoms. The van der Waals surface area contributed by atoms with Gasteiger partial charge in [-0.3, -0.25) is 0 Å². The molecule has 0 bridgehead atoms. The van der Waals surface area contributed by atoms with Crippen molar-refractivity contribution in [3.8, 4) is 0 Å². The zero-order chi connectivity index (χ0) is 9.35. The van der Waals surface area contributed by atoms with Crippen LogP contribution in [-0.2, 0) is 4.74 Å². The molecule has 1 aliphatic heterocycles. The first-order chi connectivity index (χ1) is 5.51. The van der Waals surface area contributed by atoms with Gasteiger partial charge in [-0.1, -0.05) is 0 Å². The fraction of sp³-hybridized carbons (Fsp3) is 1.00. The summed E-state index contributed by atoms with van der Waals surface area (Å²) in [6, 6.07) is 0. The van der Waals surface area contributed by atoms with Gasteiger partial charge in [-0.25, -0.2) is 0 Å². The number of hydrogen-bond donors (Lipinski definition) is 5. The zero-order valence-electron chi connectivity index (χ0n) is 6.29. The highest BCUT2D eigenvalue weighted by Gasteiger charge is 2.47. The van der Waals surface area contributed by atoms with Gasteiger partial charge in [-0.05, 0) is 0 Å². The Labute approximate surface area is 68.6 Å². The molecule has 0 amide bonds. The average Bonchev–Trinajstić information content (AvgIpc) is 2.09. The molecule has 0 aromatic rings. The molecule has 0 spiro atoms. The molecule has 4 atom stereocenters. The summed E-state index contributed by atoms with van der Waals surface area (Å²) < 4.78 is 4.56. The summed E-state index contributed by atoms with van der Waals surface area (Å²) in [6.07, 6.45) is -4.45. The zero-order valence-corrected chi connectivity index (χ0v) is 6.29. The van der Waals surface area contributed by atoms with E-state index in [-0.39, 0.29) is 6.61 Å². The van der Waals surface area contributed by atoms with Gasteiger partial charge in [0.2, 0.25) is 5.79 Å². The van der Waals surface area contributed by atoms with Gasteiger partial charge in [0.1, 0.15) is 18.3 Å². The van der Waals surface area contributed by atoms with Crippen LogP contribution in [0.1, 0.15) is 0 Å². The highest BCUT2D eigenvalue weighted by Crippen LogP contribution is 2.22. The third-order valence-corrected chi connectivity index (χ3v) is 1.91. The molecule has 1 fully saturated rings. The minimum absolute atomic E-state index is 0.324. The van der Waals surface area contributed by atoms with E-state index in [1.54, 1.807) is 0 Å². The van der Waals surface area contributed by atoms with Gasteiger partial charge in [0.25, 0.3) is 0 Å². The van der Waals surface area contributed by atoms with Gasteiger partial charge >= 0.3 is 0 Å². The Hall–Kier alpha value is -0.240. The van der Waals surface area contributed by atoms with Crippen molar-refractivity contribution in [3.63, 3.8) is 0 Å². The SMILES string of the molecule is OC[C@]1(O)OC[C@H](O)[C@@H](O)[C@H]1O. The predicted octanol–water partition coefficient (Wildman–Crippen LogP) is -3.22. The van der Waals surface area contributed by atoms with Crippen LogP contribution in [0.5, 0.6) is 0 Å². The first-order valence-corrected chi connectivity index (χ1v) is 3.52. The van der Waals surface area contributed by atoms with Crippen LogP contribution in [0.15, 0.2) is 0 Å². The molecular weight excluding hydrogens is 168 g/mol. The van der Waals surface area contributed by atoms with Gasteiger partial charge in [0.15, 0.2) is 0 Å². The second-order valence-corrected chi connectivity index (χ2v) is 2.82. The third-order valence-electron chi connectivity index (χ3n) is 1.91. The van der Waals surface area contributed by atoms with Crippen molar-refractivity contribution in [1.29, 1.82) is 0 Å². The minimum Gasteiger partial charge on any atom is -0.391 e. The molecular formula is C6H12O6. The molecule has 1 aliphatic rings. The van der Waals surface area contributed by atoms with Crippen LogP contribution in [0.4, 0.5) is 0 Å². The van der Waals surface area contributed by atoms with E-state index in [2.05, 4.69) is 4.74 Å². The normalized spacial score (nSPS) is 49.2. The van der Waals surface area contributed by atoms with Crippen LogP contribution < -0.4 is 0 Å². The van der Waals surface area contributed by atoms with Crippen molar-refractivity contribution in [2.45, 2.75) is 24.1 Å². The summed E-state index contributed by atoms with van der Waals surface area (Å²) in [5.41, 5.74) is 0. The van der Waals surface area contributed by atoms with E-state index in [1.807, 2.05) is 0 Å². The first kappa shape index (κ1) is 9.85. The topological polar surface area (TPSA) is 110 Å². The van der Waals surface area contributed by atoms with Crippen molar-refractivity contribution in [2.75, 3.05) is 13.2 Å². The molecule has 0 aliphatic carbocycles. The van der Waals surface area contributed by atoms with E-state index in [0.717, 1.165) is 0 Å². The van der Waals surface area contributed by atoms with Gasteiger partial charge in [-0.15, -0.1) is 0 Å². The molecule has 6 nitrogen and oxygen atoms in total. The Bertz CT molecular complexity index is 162. The number of hydrogen-bond acceptors (Lipinski definition) is 6. The van der Waals surface area contributed by atoms with Crippen molar-refractivity contribution in [2.24, 2.45) is 0 Å². The summed E-state index contributed by atoms with van der Waals surface area (Å²) >= 11 is 0. The van der Waals surface area contributed by atoms with E-state index < -0.39 is 30.7 Å². The van der Waals surface area contributed by atoms with Crippen LogP contribution in [-0.4, -0.2) is 62.8 Å². The lowest BCUT2D eigenvalue weighted by molar-refractivity contribution is -0.331. The standard InChI is InChI=1S/C6H12O6/c7-2-6(11)5(10)4(9)3(8)1-12-6/h3-5,7-11H,1-2H2/t3-,4+,5+,6-/m0/s1. The summed E-state index contributed by atoms with van der Waals surface area (Å²) in [4.78, 5) is 0. The number of aliphatic hydroxyl groups is 5. The molecule has 1 rings (SSSR count). The van der Waals surface area contributed by atoms with E-state index in [0.29, 0.717) is 0 Å². The maximum Gasteiger partial charge on any atom is 0.218 e. The van der Waals surface area contributed by atoms with Crippen molar-refractivity contribution < 1.29 is 30.3 Å². The van der Waals surface area contributed by atoms with Crippen molar-refractivity contribution in [1.82, 2.24) is 0 Å². The van der Waals surface area contributed by atoms with E-state index in [4.69, 9.17) is 20.4 Å². The Morgan fingerprint density at radius 3 is 2.42 bits per heavy atom. The Balaban J connectivity index is 2.71. The third kappa shape index (κ3) is 1.45. The largest absolute Gasteiger partial charge is 0.391 e. The van der Waals surface area contributed by atoms with Crippen LogP contribution in [0.25, 0.3) is 0 Å². The summed E-state index contributed by atoms with van der Waals surface area (Å²) in [7, 11) is 0. The molecule has 72 valence electrons. The molecule has 5 N–H and O–H groups in total. The lowest BCUT2D eigenvalue weighted by atomic mass is 9.98. The number of aliphatic hydroxyl groups excluding tert-OH is 4. The van der Waals surface area contributed by atoms with Gasteiger partial charge in [0, 0.05) is 0 Å². The first-order valence-electron chi connectivity index (χ1n) is 3.52. The average molecular weight is 180 g/mol. The van der Waals surface area contributed by atoms with Gasteiger partial charge < -0.3 is 30.3 Å². The monoisotopic (exact) mass is 180 g/mol. The lowest BCUT2D eigenvalue weighted by Crippen LogP contribution is -2.62. The van der Waals surface area contributed by atoms with Gasteiger partial charge in [0.05, 0.1) is 13.2 Å². The fourth-order valence-corrected chi connectivity index (χ4v) is 1.03.